The second-order valence-corrected chi connectivity index (χ2v) is 20.5. The zero-order valence-electron chi connectivity index (χ0n) is 34.1. The standard InChI is InChI=1S/C42H66O15/c1-37(2)11-13-42(36(52)53)14-12-40(5)20(21(42)15-37)7-8-26-38(3)16-22(46)33(39(4,19-45)25(38)9-10-41(26,40)6)57-35-32(30(50)28(48)24(18-44)55-35)56-34-31(51)29(49)27(47)23(17-43)54-34/h7,19,21-35,43-44,46-51H,8-18H2,1-6H3,(H,52,53). The normalized spacial score (nSPS) is 54.6. The van der Waals surface area contributed by atoms with Gasteiger partial charge in [-0.15, -0.1) is 0 Å². The number of allylic oxidation sites excluding steroid dienone is 2. The molecule has 9 N–H and O–H groups in total. The summed E-state index contributed by atoms with van der Waals surface area (Å²) in [6.45, 7) is 11.6. The van der Waals surface area contributed by atoms with Crippen LogP contribution in [0.25, 0.3) is 0 Å². The number of aldehydes is 1. The minimum Gasteiger partial charge on any atom is -0.481 e. The van der Waals surface area contributed by atoms with Crippen LogP contribution in [0.3, 0.4) is 0 Å². The van der Waals surface area contributed by atoms with E-state index in [4.69, 9.17) is 18.9 Å². The molecule has 15 heteroatoms. The summed E-state index contributed by atoms with van der Waals surface area (Å²) in [6, 6.07) is 0. The molecule has 0 radical (unpaired) electrons. The van der Waals surface area contributed by atoms with Crippen molar-refractivity contribution in [2.75, 3.05) is 13.2 Å². The van der Waals surface area contributed by atoms with Crippen LogP contribution in [-0.4, -0.2) is 145 Å². The number of carboxylic acids is 1. The molecule has 0 aromatic heterocycles. The molecule has 0 aromatic carbocycles. The van der Waals surface area contributed by atoms with Gasteiger partial charge in [0.1, 0.15) is 55.1 Å². The summed E-state index contributed by atoms with van der Waals surface area (Å²) >= 11 is 0. The average molecular weight is 811 g/mol. The predicted octanol–water partition coefficient (Wildman–Crippen LogP) is 1.03. The third-order valence-electron chi connectivity index (χ3n) is 17.2. The highest BCUT2D eigenvalue weighted by atomic mass is 16.8. The Hall–Kier alpha value is -1.60. The van der Waals surface area contributed by atoms with Gasteiger partial charge < -0.3 is 69.7 Å². The fraction of sp³-hybridized carbons (Fsp3) is 0.905. The number of carboxylic acid groups (broad SMARTS) is 1. The lowest BCUT2D eigenvalue weighted by Gasteiger charge is -2.71. The summed E-state index contributed by atoms with van der Waals surface area (Å²) < 4.78 is 23.8. The van der Waals surface area contributed by atoms with Crippen LogP contribution in [0.2, 0.25) is 0 Å². The maximum Gasteiger partial charge on any atom is 0.310 e. The summed E-state index contributed by atoms with van der Waals surface area (Å²) in [5.41, 5.74) is -1.94. The van der Waals surface area contributed by atoms with Crippen molar-refractivity contribution < 1.29 is 74.5 Å². The molecule has 7 rings (SSSR count). The molecule has 57 heavy (non-hydrogen) atoms. The predicted molar refractivity (Wildman–Crippen MR) is 200 cm³/mol. The lowest BCUT2D eigenvalue weighted by Crippen LogP contribution is -2.69. The molecule has 0 aromatic rings. The Morgan fingerprint density at radius 1 is 0.772 bits per heavy atom. The van der Waals surface area contributed by atoms with Gasteiger partial charge in [0.25, 0.3) is 0 Å². The first-order valence-electron chi connectivity index (χ1n) is 20.9. The lowest BCUT2D eigenvalue weighted by molar-refractivity contribution is -0.381. The van der Waals surface area contributed by atoms with Gasteiger partial charge in [0.15, 0.2) is 12.6 Å². The van der Waals surface area contributed by atoms with Gasteiger partial charge in [0.2, 0.25) is 0 Å². The van der Waals surface area contributed by atoms with E-state index < -0.39 is 109 Å². The number of rotatable bonds is 8. The van der Waals surface area contributed by atoms with Crippen molar-refractivity contribution in [2.45, 2.75) is 173 Å². The molecule has 2 saturated heterocycles. The molecule has 2 heterocycles. The molecule has 0 bridgehead atoms. The van der Waals surface area contributed by atoms with E-state index in [1.54, 1.807) is 6.92 Å². The first kappa shape index (κ1) is 43.5. The first-order chi connectivity index (χ1) is 26.6. The molecule has 324 valence electrons. The van der Waals surface area contributed by atoms with Gasteiger partial charge in [-0.25, -0.2) is 0 Å². The number of ether oxygens (including phenoxy) is 4. The van der Waals surface area contributed by atoms with Crippen molar-refractivity contribution in [1.82, 2.24) is 0 Å². The van der Waals surface area contributed by atoms with Gasteiger partial charge in [0.05, 0.1) is 36.3 Å². The Morgan fingerprint density at radius 3 is 2.00 bits per heavy atom. The van der Waals surface area contributed by atoms with Crippen molar-refractivity contribution in [3.05, 3.63) is 11.6 Å². The van der Waals surface area contributed by atoms with Crippen LogP contribution in [0.1, 0.15) is 99.3 Å². The highest BCUT2D eigenvalue weighted by molar-refractivity contribution is 5.76. The minimum absolute atomic E-state index is 0.0185. The number of carbonyl (C=O) groups excluding carboxylic acids is 1. The van der Waals surface area contributed by atoms with Crippen molar-refractivity contribution in [1.29, 1.82) is 0 Å². The van der Waals surface area contributed by atoms with E-state index >= 15 is 0 Å². The summed E-state index contributed by atoms with van der Waals surface area (Å²) in [5, 5.41) is 96.2. The third-order valence-corrected chi connectivity index (χ3v) is 17.2. The number of hydrogen-bond acceptors (Lipinski definition) is 14. The van der Waals surface area contributed by atoms with Crippen LogP contribution in [0.4, 0.5) is 0 Å². The second-order valence-electron chi connectivity index (χ2n) is 20.5. The Kier molecular flexibility index (Phi) is 11.3. The molecule has 0 spiro atoms. The monoisotopic (exact) mass is 810 g/mol. The molecular weight excluding hydrogens is 744 g/mol. The van der Waals surface area contributed by atoms with Gasteiger partial charge in [-0.2, -0.15) is 0 Å². The molecule has 2 aliphatic heterocycles. The topological polar surface area (TPSA) is 253 Å². The maximum absolute atomic E-state index is 13.6. The Labute approximate surface area is 334 Å². The van der Waals surface area contributed by atoms with E-state index in [1.807, 2.05) is 0 Å². The Bertz CT molecular complexity index is 1570. The van der Waals surface area contributed by atoms with Crippen molar-refractivity contribution in [2.24, 2.45) is 50.2 Å². The zero-order valence-corrected chi connectivity index (χ0v) is 34.1. The Morgan fingerprint density at radius 2 is 1.39 bits per heavy atom. The van der Waals surface area contributed by atoms with Gasteiger partial charge in [-0.1, -0.05) is 53.2 Å². The summed E-state index contributed by atoms with van der Waals surface area (Å²) in [7, 11) is 0. The lowest BCUT2D eigenvalue weighted by atomic mass is 9.33. The van der Waals surface area contributed by atoms with E-state index in [-0.39, 0.29) is 40.4 Å². The number of aliphatic hydroxyl groups is 8. The highest BCUT2D eigenvalue weighted by Gasteiger charge is 2.71. The largest absolute Gasteiger partial charge is 0.481 e. The van der Waals surface area contributed by atoms with E-state index in [0.717, 1.165) is 32.0 Å². The number of aliphatic carboxylic acids is 1. The molecule has 7 aliphatic rings. The summed E-state index contributed by atoms with van der Waals surface area (Å²) in [5.74, 6) is -1.03. The SMILES string of the molecule is CC1(C)CCC2(C(=O)O)CCC3(C)C(=CCC4C5(C)CC(O)C(OC6OC(CO)C(O)C(O)C6OC6OC(CO)C(O)C(O)C6O)C(C)(C=O)C5CCC43C)C2C1. The van der Waals surface area contributed by atoms with Crippen molar-refractivity contribution in [3.8, 4) is 0 Å². The molecule has 20 unspecified atom stereocenters. The first-order valence-corrected chi connectivity index (χ1v) is 20.9. The smallest absolute Gasteiger partial charge is 0.310 e. The van der Waals surface area contributed by atoms with E-state index in [9.17, 15) is 55.5 Å². The minimum atomic E-state index is -1.86. The number of fused-ring (bicyclic) bond motifs is 7. The van der Waals surface area contributed by atoms with Gasteiger partial charge >= 0.3 is 5.97 Å². The van der Waals surface area contributed by atoms with Gasteiger partial charge in [0, 0.05) is 0 Å². The van der Waals surface area contributed by atoms with Crippen LogP contribution >= 0.6 is 0 Å². The number of hydrogen-bond donors (Lipinski definition) is 9. The van der Waals surface area contributed by atoms with E-state index in [1.165, 1.54) is 5.57 Å². The van der Waals surface area contributed by atoms with Gasteiger partial charge in [-0.3, -0.25) is 4.79 Å². The highest BCUT2D eigenvalue weighted by Crippen LogP contribution is 2.76. The average Bonchev–Trinajstić information content (AvgIpc) is 3.15. The molecule has 20 atom stereocenters. The van der Waals surface area contributed by atoms with Crippen LogP contribution in [0.15, 0.2) is 11.6 Å². The fourth-order valence-electron chi connectivity index (χ4n) is 13.6. The molecule has 0 amide bonds. The van der Waals surface area contributed by atoms with Crippen LogP contribution in [-0.2, 0) is 28.5 Å². The number of aliphatic hydroxyl groups excluding tert-OH is 8. The van der Waals surface area contributed by atoms with E-state index in [0.29, 0.717) is 25.7 Å². The molecule has 6 fully saturated rings. The molecule has 15 nitrogen and oxygen atoms in total. The zero-order chi connectivity index (χ0) is 41.8. The number of carbonyl (C=O) groups is 2. The molecule has 4 saturated carbocycles. The molecule has 5 aliphatic carbocycles. The summed E-state index contributed by atoms with van der Waals surface area (Å²) in [6.07, 6.45) is -9.94. The fourth-order valence-corrected chi connectivity index (χ4v) is 13.6. The van der Waals surface area contributed by atoms with Crippen molar-refractivity contribution in [3.63, 3.8) is 0 Å². The molecular formula is C42H66O15. The van der Waals surface area contributed by atoms with Crippen LogP contribution in [0, 0.1) is 50.2 Å². The maximum atomic E-state index is 13.6. The quantitative estimate of drug-likeness (QED) is 0.0944. The van der Waals surface area contributed by atoms with Crippen LogP contribution < -0.4 is 0 Å². The van der Waals surface area contributed by atoms with Gasteiger partial charge in [-0.05, 0) is 97.2 Å². The van der Waals surface area contributed by atoms with Crippen molar-refractivity contribution >= 4 is 12.3 Å². The summed E-state index contributed by atoms with van der Waals surface area (Å²) in [4.78, 5) is 26.6. The Balaban J connectivity index is 1.19. The van der Waals surface area contributed by atoms with E-state index in [2.05, 4.69) is 40.7 Å². The third kappa shape index (κ3) is 6.35. The van der Waals surface area contributed by atoms with Crippen LogP contribution in [0.5, 0.6) is 0 Å². The second kappa shape index (κ2) is 14.8.